The SMILES string of the molecule is COc1ccc2[nH]c3c(c2c1)CC(N=[N+]=[N-])CC3. The molecule has 0 saturated carbocycles. The monoisotopic (exact) mass is 242 g/mol. The molecule has 1 unspecified atom stereocenters. The van der Waals surface area contributed by atoms with Gasteiger partial charge < -0.3 is 9.72 Å². The van der Waals surface area contributed by atoms with Crippen LogP contribution >= 0.6 is 0 Å². The summed E-state index contributed by atoms with van der Waals surface area (Å²) < 4.78 is 5.26. The average Bonchev–Trinajstić information content (AvgIpc) is 2.76. The van der Waals surface area contributed by atoms with Crippen molar-refractivity contribution < 1.29 is 4.74 Å². The molecule has 1 aliphatic rings. The van der Waals surface area contributed by atoms with Gasteiger partial charge in [-0.05, 0) is 48.6 Å². The fourth-order valence-electron chi connectivity index (χ4n) is 2.68. The number of azide groups is 1. The van der Waals surface area contributed by atoms with Crippen LogP contribution in [0.2, 0.25) is 0 Å². The summed E-state index contributed by atoms with van der Waals surface area (Å²) in [6.45, 7) is 0. The number of hydrogen-bond acceptors (Lipinski definition) is 2. The van der Waals surface area contributed by atoms with E-state index in [4.69, 9.17) is 10.3 Å². The first kappa shape index (κ1) is 11.0. The zero-order valence-electron chi connectivity index (χ0n) is 10.2. The number of aromatic amines is 1. The van der Waals surface area contributed by atoms with Gasteiger partial charge in [-0.1, -0.05) is 5.11 Å². The lowest BCUT2D eigenvalue weighted by Crippen LogP contribution is -2.15. The maximum absolute atomic E-state index is 8.54. The Balaban J connectivity index is 2.10. The largest absolute Gasteiger partial charge is 0.497 e. The minimum absolute atomic E-state index is 0.0766. The molecule has 1 aliphatic carbocycles. The predicted molar refractivity (Wildman–Crippen MR) is 69.8 cm³/mol. The molecule has 0 fully saturated rings. The second kappa shape index (κ2) is 4.27. The van der Waals surface area contributed by atoms with Gasteiger partial charge in [0.05, 0.1) is 7.11 Å². The third kappa shape index (κ3) is 1.69. The highest BCUT2D eigenvalue weighted by atomic mass is 16.5. The number of hydrogen-bond donors (Lipinski definition) is 1. The summed E-state index contributed by atoms with van der Waals surface area (Å²) in [4.78, 5) is 6.36. The van der Waals surface area contributed by atoms with Crippen molar-refractivity contribution in [2.75, 3.05) is 7.11 Å². The molecule has 0 radical (unpaired) electrons. The van der Waals surface area contributed by atoms with Crippen LogP contribution in [0.5, 0.6) is 5.75 Å². The summed E-state index contributed by atoms with van der Waals surface area (Å²) in [5.41, 5.74) is 12.2. The van der Waals surface area contributed by atoms with Crippen LogP contribution in [-0.4, -0.2) is 18.1 Å². The van der Waals surface area contributed by atoms with E-state index in [1.54, 1.807) is 7.11 Å². The van der Waals surface area contributed by atoms with Gasteiger partial charge in [-0.25, -0.2) is 0 Å². The Labute approximate surface area is 104 Å². The van der Waals surface area contributed by atoms with Gasteiger partial charge in [-0.2, -0.15) is 0 Å². The molecule has 0 aliphatic heterocycles. The van der Waals surface area contributed by atoms with Gasteiger partial charge in [0.25, 0.3) is 0 Å². The molecule has 2 aromatic rings. The minimum atomic E-state index is 0.0766. The van der Waals surface area contributed by atoms with E-state index in [0.29, 0.717) is 0 Å². The van der Waals surface area contributed by atoms with Crippen molar-refractivity contribution in [2.45, 2.75) is 25.3 Å². The summed E-state index contributed by atoms with van der Waals surface area (Å²) in [5, 5.41) is 5.03. The van der Waals surface area contributed by atoms with Crippen LogP contribution in [0.1, 0.15) is 17.7 Å². The van der Waals surface area contributed by atoms with E-state index >= 15 is 0 Å². The summed E-state index contributed by atoms with van der Waals surface area (Å²) in [6, 6.07) is 6.11. The first-order valence-corrected chi connectivity index (χ1v) is 6.03. The molecule has 1 N–H and O–H groups in total. The molecule has 5 nitrogen and oxygen atoms in total. The Bertz CT molecular complexity index is 640. The molecule has 5 heteroatoms. The van der Waals surface area contributed by atoms with Crippen molar-refractivity contribution in [3.05, 3.63) is 39.9 Å². The Morgan fingerprint density at radius 3 is 3.17 bits per heavy atom. The molecular weight excluding hydrogens is 228 g/mol. The smallest absolute Gasteiger partial charge is 0.119 e. The number of methoxy groups -OCH3 is 1. The lowest BCUT2D eigenvalue weighted by atomic mass is 9.92. The number of fused-ring (bicyclic) bond motifs is 3. The van der Waals surface area contributed by atoms with E-state index in [9.17, 15) is 0 Å². The van der Waals surface area contributed by atoms with Crippen molar-refractivity contribution in [1.29, 1.82) is 0 Å². The molecule has 1 aromatic heterocycles. The van der Waals surface area contributed by atoms with Gasteiger partial charge in [-0.3, -0.25) is 0 Å². The lowest BCUT2D eigenvalue weighted by molar-refractivity contribution is 0.415. The standard InChI is InChI=1S/C13H14N4O/c1-18-9-3-5-13-11(7-9)10-6-8(16-17-14)2-4-12(10)15-13/h3,5,7-8,15H,2,4,6H2,1H3. The maximum atomic E-state index is 8.54. The Hall–Kier alpha value is -2.13. The molecule has 0 spiro atoms. The van der Waals surface area contributed by atoms with Crippen LogP contribution in [0, 0.1) is 0 Å². The average molecular weight is 242 g/mol. The van der Waals surface area contributed by atoms with Crippen LogP contribution in [0.3, 0.4) is 0 Å². The second-order valence-electron chi connectivity index (χ2n) is 4.60. The maximum Gasteiger partial charge on any atom is 0.119 e. The van der Waals surface area contributed by atoms with Crippen molar-refractivity contribution in [3.8, 4) is 5.75 Å². The highest BCUT2D eigenvalue weighted by Gasteiger charge is 2.21. The summed E-state index contributed by atoms with van der Waals surface area (Å²) >= 11 is 0. The van der Waals surface area contributed by atoms with Crippen molar-refractivity contribution in [3.63, 3.8) is 0 Å². The number of nitrogens with zero attached hydrogens (tertiary/aromatic N) is 3. The van der Waals surface area contributed by atoms with Crippen LogP contribution in [0.25, 0.3) is 21.3 Å². The summed E-state index contributed by atoms with van der Waals surface area (Å²) in [7, 11) is 1.67. The summed E-state index contributed by atoms with van der Waals surface area (Å²) in [6.07, 6.45) is 2.67. The topological polar surface area (TPSA) is 73.8 Å². The highest BCUT2D eigenvalue weighted by molar-refractivity contribution is 5.86. The molecule has 0 saturated heterocycles. The molecule has 0 bridgehead atoms. The van der Waals surface area contributed by atoms with Crippen molar-refractivity contribution >= 4 is 10.9 Å². The number of H-pyrrole nitrogens is 1. The fraction of sp³-hybridized carbons (Fsp3) is 0.385. The number of aromatic nitrogens is 1. The minimum Gasteiger partial charge on any atom is -0.497 e. The Morgan fingerprint density at radius 2 is 2.39 bits per heavy atom. The molecule has 1 aromatic carbocycles. The van der Waals surface area contributed by atoms with Gasteiger partial charge in [0.1, 0.15) is 5.75 Å². The lowest BCUT2D eigenvalue weighted by Gasteiger charge is -2.17. The first-order valence-electron chi connectivity index (χ1n) is 6.03. The number of aryl methyl sites for hydroxylation is 1. The quantitative estimate of drug-likeness (QED) is 0.489. The van der Waals surface area contributed by atoms with Crippen LogP contribution in [0.4, 0.5) is 0 Å². The predicted octanol–water partition coefficient (Wildman–Crippen LogP) is 3.34. The van der Waals surface area contributed by atoms with Gasteiger partial charge in [0.15, 0.2) is 0 Å². The second-order valence-corrected chi connectivity index (χ2v) is 4.60. The van der Waals surface area contributed by atoms with E-state index in [2.05, 4.69) is 15.0 Å². The van der Waals surface area contributed by atoms with Crippen molar-refractivity contribution in [1.82, 2.24) is 4.98 Å². The zero-order valence-corrected chi connectivity index (χ0v) is 10.2. The molecule has 1 atom stereocenters. The highest BCUT2D eigenvalue weighted by Crippen LogP contribution is 2.32. The number of benzene rings is 1. The van der Waals surface area contributed by atoms with Gasteiger partial charge in [-0.15, -0.1) is 0 Å². The van der Waals surface area contributed by atoms with E-state index in [1.807, 2.05) is 18.2 Å². The van der Waals surface area contributed by atoms with Crippen molar-refractivity contribution in [2.24, 2.45) is 5.11 Å². The first-order chi connectivity index (χ1) is 8.81. The molecule has 1 heterocycles. The molecular formula is C13H14N4O. The van der Waals surface area contributed by atoms with Crippen LogP contribution in [0.15, 0.2) is 23.3 Å². The number of ether oxygens (including phenoxy) is 1. The number of rotatable bonds is 2. The number of nitrogens with one attached hydrogen (secondary N) is 1. The van der Waals surface area contributed by atoms with Gasteiger partial charge in [0, 0.05) is 27.6 Å². The Morgan fingerprint density at radius 1 is 1.50 bits per heavy atom. The molecule has 3 rings (SSSR count). The zero-order chi connectivity index (χ0) is 12.5. The van der Waals surface area contributed by atoms with Crippen LogP contribution < -0.4 is 4.74 Å². The van der Waals surface area contributed by atoms with Gasteiger partial charge in [0.2, 0.25) is 0 Å². The molecule has 0 amide bonds. The fourth-order valence-corrected chi connectivity index (χ4v) is 2.68. The third-order valence-corrected chi connectivity index (χ3v) is 3.58. The molecule has 92 valence electrons. The third-order valence-electron chi connectivity index (χ3n) is 3.58. The van der Waals surface area contributed by atoms with Crippen LogP contribution in [-0.2, 0) is 12.8 Å². The van der Waals surface area contributed by atoms with E-state index < -0.39 is 0 Å². The normalized spacial score (nSPS) is 18.2. The van der Waals surface area contributed by atoms with E-state index in [1.165, 1.54) is 16.6 Å². The van der Waals surface area contributed by atoms with E-state index in [-0.39, 0.29) is 6.04 Å². The van der Waals surface area contributed by atoms with Gasteiger partial charge >= 0.3 is 0 Å². The Kier molecular flexibility index (Phi) is 2.61. The van der Waals surface area contributed by atoms with E-state index in [0.717, 1.165) is 30.5 Å². The summed E-state index contributed by atoms with van der Waals surface area (Å²) in [5.74, 6) is 0.857. The molecule has 18 heavy (non-hydrogen) atoms.